The van der Waals surface area contributed by atoms with E-state index in [9.17, 15) is 0 Å². The fourth-order valence-electron chi connectivity index (χ4n) is 1.23. The molecule has 0 aromatic heterocycles. The zero-order valence-corrected chi connectivity index (χ0v) is 5.36. The van der Waals surface area contributed by atoms with Gasteiger partial charge in [-0.05, 0) is 24.2 Å². The second-order valence-electron chi connectivity index (χ2n) is 2.78. The maximum absolute atomic E-state index is 2.30. The zero-order valence-electron chi connectivity index (χ0n) is 5.36. The molecule has 7 heavy (non-hydrogen) atoms. The molecule has 1 fully saturated rings. The molecule has 1 aliphatic carbocycles. The quantitative estimate of drug-likeness (QED) is 0.435. The topological polar surface area (TPSA) is 0 Å². The van der Waals surface area contributed by atoms with E-state index in [2.05, 4.69) is 20.8 Å². The molecule has 0 aromatic rings. The minimum atomic E-state index is 0.926. The molecule has 1 radical (unpaired) electrons. The van der Waals surface area contributed by atoms with E-state index in [1.807, 2.05) is 0 Å². The summed E-state index contributed by atoms with van der Waals surface area (Å²) >= 11 is 0. The minimum absolute atomic E-state index is 0.926. The number of hydrogen-bond donors (Lipinski definition) is 0. The van der Waals surface area contributed by atoms with Crippen molar-refractivity contribution in [3.8, 4) is 0 Å². The van der Waals surface area contributed by atoms with Crippen molar-refractivity contribution in [3.63, 3.8) is 0 Å². The van der Waals surface area contributed by atoms with Crippen LogP contribution in [0.3, 0.4) is 0 Å². The van der Waals surface area contributed by atoms with Crippen LogP contribution < -0.4 is 0 Å². The predicted octanol–water partition coefficient (Wildman–Crippen LogP) is 2.26. The summed E-state index contributed by atoms with van der Waals surface area (Å²) < 4.78 is 0. The van der Waals surface area contributed by atoms with E-state index in [1.54, 1.807) is 5.92 Å². The van der Waals surface area contributed by atoms with Crippen molar-refractivity contribution in [1.82, 2.24) is 0 Å². The SMILES string of the molecule is C[C]1C(C)CC1C. The normalized spacial score (nSPS) is 43.3. The van der Waals surface area contributed by atoms with Gasteiger partial charge in [-0.15, -0.1) is 0 Å². The summed E-state index contributed by atoms with van der Waals surface area (Å²) in [4.78, 5) is 0. The van der Waals surface area contributed by atoms with Crippen LogP contribution in [0.5, 0.6) is 0 Å². The summed E-state index contributed by atoms with van der Waals surface area (Å²) in [6.07, 6.45) is 1.42. The van der Waals surface area contributed by atoms with Crippen LogP contribution >= 0.6 is 0 Å². The highest BCUT2D eigenvalue weighted by Gasteiger charge is 2.30. The summed E-state index contributed by atoms with van der Waals surface area (Å²) in [5.74, 6) is 3.55. The molecule has 2 unspecified atom stereocenters. The lowest BCUT2D eigenvalue weighted by atomic mass is 9.68. The van der Waals surface area contributed by atoms with Crippen LogP contribution in [0.15, 0.2) is 0 Å². The van der Waals surface area contributed by atoms with E-state index in [0.29, 0.717) is 0 Å². The lowest BCUT2D eigenvalue weighted by Gasteiger charge is -2.37. The third-order valence-corrected chi connectivity index (χ3v) is 2.26. The second-order valence-corrected chi connectivity index (χ2v) is 2.78. The Morgan fingerprint density at radius 1 is 1.29 bits per heavy atom. The fourth-order valence-corrected chi connectivity index (χ4v) is 1.23. The molecule has 41 valence electrons. The van der Waals surface area contributed by atoms with E-state index in [4.69, 9.17) is 0 Å². The van der Waals surface area contributed by atoms with Gasteiger partial charge in [-0.25, -0.2) is 0 Å². The predicted molar refractivity (Wildman–Crippen MR) is 31.9 cm³/mol. The smallest absolute Gasteiger partial charge is 0.0215 e. The first-order valence-electron chi connectivity index (χ1n) is 3.05. The molecule has 0 nitrogen and oxygen atoms in total. The van der Waals surface area contributed by atoms with Crippen LogP contribution in [0, 0.1) is 17.8 Å². The molecule has 1 aliphatic rings. The third-order valence-electron chi connectivity index (χ3n) is 2.26. The van der Waals surface area contributed by atoms with Crippen LogP contribution in [-0.2, 0) is 0 Å². The highest BCUT2D eigenvalue weighted by molar-refractivity contribution is 5.04. The third kappa shape index (κ3) is 0.667. The average molecular weight is 97.2 g/mol. The summed E-state index contributed by atoms with van der Waals surface area (Å²) in [5, 5.41) is 0. The van der Waals surface area contributed by atoms with Crippen LogP contribution in [0.1, 0.15) is 27.2 Å². The number of rotatable bonds is 0. The lowest BCUT2D eigenvalue weighted by Crippen LogP contribution is -2.27. The molecular formula is C7H13. The molecule has 0 bridgehead atoms. The van der Waals surface area contributed by atoms with E-state index >= 15 is 0 Å². The monoisotopic (exact) mass is 97.1 g/mol. The van der Waals surface area contributed by atoms with Gasteiger partial charge in [0.05, 0.1) is 0 Å². The van der Waals surface area contributed by atoms with Crippen LogP contribution in [0.25, 0.3) is 0 Å². The Balaban J connectivity index is 2.29. The van der Waals surface area contributed by atoms with Gasteiger partial charge in [0, 0.05) is 0 Å². The van der Waals surface area contributed by atoms with E-state index < -0.39 is 0 Å². The van der Waals surface area contributed by atoms with Crippen molar-refractivity contribution in [2.45, 2.75) is 27.2 Å². The molecule has 0 spiro atoms. The largest absolute Gasteiger partial charge is 0.0619 e. The van der Waals surface area contributed by atoms with Gasteiger partial charge < -0.3 is 0 Å². The molecule has 0 heterocycles. The zero-order chi connectivity index (χ0) is 5.44. The Hall–Kier alpha value is 0. The van der Waals surface area contributed by atoms with Crippen molar-refractivity contribution in [2.75, 3.05) is 0 Å². The van der Waals surface area contributed by atoms with Gasteiger partial charge >= 0.3 is 0 Å². The van der Waals surface area contributed by atoms with Crippen molar-refractivity contribution >= 4 is 0 Å². The molecule has 2 atom stereocenters. The van der Waals surface area contributed by atoms with Gasteiger partial charge in [0.2, 0.25) is 0 Å². The average Bonchev–Trinajstić information content (AvgIpc) is 1.68. The maximum Gasteiger partial charge on any atom is -0.0215 e. The summed E-state index contributed by atoms with van der Waals surface area (Å²) in [6, 6.07) is 0. The van der Waals surface area contributed by atoms with E-state index in [1.165, 1.54) is 6.42 Å². The van der Waals surface area contributed by atoms with Gasteiger partial charge in [0.1, 0.15) is 0 Å². The first kappa shape index (κ1) is 5.14. The van der Waals surface area contributed by atoms with Gasteiger partial charge in [-0.1, -0.05) is 20.8 Å². The van der Waals surface area contributed by atoms with Crippen molar-refractivity contribution in [3.05, 3.63) is 5.92 Å². The molecule has 0 saturated heterocycles. The molecule has 0 N–H and O–H groups in total. The molecule has 0 heteroatoms. The summed E-state index contributed by atoms with van der Waals surface area (Å²) in [7, 11) is 0. The van der Waals surface area contributed by atoms with Crippen LogP contribution in [0.2, 0.25) is 0 Å². The first-order valence-corrected chi connectivity index (χ1v) is 3.05. The molecule has 1 saturated carbocycles. The minimum Gasteiger partial charge on any atom is -0.0619 e. The van der Waals surface area contributed by atoms with Gasteiger partial charge in [0.25, 0.3) is 0 Å². The summed E-state index contributed by atoms with van der Waals surface area (Å²) in [5.41, 5.74) is 0. The van der Waals surface area contributed by atoms with Crippen molar-refractivity contribution in [1.29, 1.82) is 0 Å². The summed E-state index contributed by atoms with van der Waals surface area (Å²) in [6.45, 7) is 6.86. The number of hydrogen-bond acceptors (Lipinski definition) is 0. The van der Waals surface area contributed by atoms with E-state index in [0.717, 1.165) is 11.8 Å². The Morgan fingerprint density at radius 3 is 1.71 bits per heavy atom. The fraction of sp³-hybridized carbons (Fsp3) is 0.857. The Kier molecular flexibility index (Phi) is 1.10. The Bertz CT molecular complexity index is 58.4. The molecule has 0 amide bonds. The molecule has 1 rings (SSSR count). The molecule has 0 aromatic carbocycles. The second kappa shape index (κ2) is 1.50. The van der Waals surface area contributed by atoms with Gasteiger partial charge in [-0.2, -0.15) is 0 Å². The van der Waals surface area contributed by atoms with Gasteiger partial charge in [0.15, 0.2) is 0 Å². The van der Waals surface area contributed by atoms with Crippen molar-refractivity contribution < 1.29 is 0 Å². The lowest BCUT2D eigenvalue weighted by molar-refractivity contribution is 0.285. The standard InChI is InChI=1S/C7H13/c1-5-4-6(2)7(5)3/h5-6H,4H2,1-3H3. The molecular weight excluding hydrogens is 84.1 g/mol. The highest BCUT2D eigenvalue weighted by Crippen LogP contribution is 2.40. The first-order chi connectivity index (χ1) is 3.22. The highest BCUT2D eigenvalue weighted by atomic mass is 14.3. The van der Waals surface area contributed by atoms with Crippen LogP contribution in [-0.4, -0.2) is 0 Å². The Morgan fingerprint density at radius 2 is 1.71 bits per heavy atom. The van der Waals surface area contributed by atoms with Gasteiger partial charge in [-0.3, -0.25) is 0 Å². The van der Waals surface area contributed by atoms with Crippen LogP contribution in [0.4, 0.5) is 0 Å². The van der Waals surface area contributed by atoms with E-state index in [-0.39, 0.29) is 0 Å². The maximum atomic E-state index is 2.30. The Labute approximate surface area is 45.9 Å². The van der Waals surface area contributed by atoms with Crippen molar-refractivity contribution in [2.24, 2.45) is 11.8 Å². The molecule has 0 aliphatic heterocycles.